The lowest BCUT2D eigenvalue weighted by atomic mass is 10.0. The highest BCUT2D eigenvalue weighted by Gasteiger charge is 2.19. The molecule has 20 heavy (non-hydrogen) atoms. The fraction of sp³-hybridized carbons (Fsp3) is 0.118. The maximum absolute atomic E-state index is 12.5. The molecule has 0 bridgehead atoms. The summed E-state index contributed by atoms with van der Waals surface area (Å²) in [6.45, 7) is 3.93. The van der Waals surface area contributed by atoms with Gasteiger partial charge in [-0.2, -0.15) is 0 Å². The van der Waals surface area contributed by atoms with Crippen LogP contribution in [0.25, 0.3) is 11.0 Å². The summed E-state index contributed by atoms with van der Waals surface area (Å²) in [6, 6.07) is 13.3. The summed E-state index contributed by atoms with van der Waals surface area (Å²) in [6.07, 6.45) is 0. The molecule has 1 heterocycles. The molecule has 0 radical (unpaired) electrons. The molecule has 0 aliphatic rings. The number of halogens is 1. The molecule has 1 aromatic heterocycles. The van der Waals surface area contributed by atoms with E-state index in [4.69, 9.17) is 4.42 Å². The second kappa shape index (κ2) is 4.91. The van der Waals surface area contributed by atoms with Gasteiger partial charge in [0.2, 0.25) is 5.78 Å². The Bertz CT molecular complexity index is 798. The first-order valence-electron chi connectivity index (χ1n) is 6.36. The summed E-state index contributed by atoms with van der Waals surface area (Å²) < 4.78 is 6.71. The predicted molar refractivity (Wildman–Crippen MR) is 83.3 cm³/mol. The molecule has 0 N–H and O–H groups in total. The van der Waals surface area contributed by atoms with Gasteiger partial charge in [0, 0.05) is 21.0 Å². The van der Waals surface area contributed by atoms with Crippen molar-refractivity contribution in [2.45, 2.75) is 13.8 Å². The first-order valence-corrected chi connectivity index (χ1v) is 7.15. The Balaban J connectivity index is 2.12. The number of rotatable bonds is 2. The van der Waals surface area contributed by atoms with Crippen molar-refractivity contribution in [2.24, 2.45) is 0 Å². The van der Waals surface area contributed by atoms with Crippen LogP contribution in [0.4, 0.5) is 0 Å². The number of aryl methyl sites for hydroxylation is 2. The van der Waals surface area contributed by atoms with Gasteiger partial charge in [-0.25, -0.2) is 0 Å². The lowest BCUT2D eigenvalue weighted by Gasteiger charge is -1.99. The van der Waals surface area contributed by atoms with Gasteiger partial charge in [-0.05, 0) is 49.7 Å². The molecule has 0 fully saturated rings. The van der Waals surface area contributed by atoms with Gasteiger partial charge >= 0.3 is 0 Å². The zero-order valence-corrected chi connectivity index (χ0v) is 12.8. The Kier molecular flexibility index (Phi) is 3.22. The molecule has 3 heteroatoms. The molecular weight excluding hydrogens is 316 g/mol. The van der Waals surface area contributed by atoms with Crippen LogP contribution < -0.4 is 0 Å². The van der Waals surface area contributed by atoms with E-state index in [-0.39, 0.29) is 5.78 Å². The van der Waals surface area contributed by atoms with Crippen LogP contribution in [-0.4, -0.2) is 5.78 Å². The van der Waals surface area contributed by atoms with Gasteiger partial charge in [-0.1, -0.05) is 28.1 Å². The molecule has 0 aliphatic heterocycles. The lowest BCUT2D eigenvalue weighted by molar-refractivity contribution is 0.101. The van der Waals surface area contributed by atoms with Gasteiger partial charge in [-0.3, -0.25) is 4.79 Å². The number of hydrogen-bond donors (Lipinski definition) is 0. The van der Waals surface area contributed by atoms with E-state index < -0.39 is 0 Å². The van der Waals surface area contributed by atoms with Crippen LogP contribution >= 0.6 is 15.9 Å². The smallest absolute Gasteiger partial charge is 0.228 e. The third-order valence-corrected chi connectivity index (χ3v) is 3.94. The zero-order valence-electron chi connectivity index (χ0n) is 11.2. The van der Waals surface area contributed by atoms with Gasteiger partial charge in [-0.15, -0.1) is 0 Å². The molecule has 0 atom stereocenters. The molecule has 0 saturated carbocycles. The van der Waals surface area contributed by atoms with Crippen LogP contribution in [0.2, 0.25) is 0 Å². The Morgan fingerprint density at radius 3 is 2.45 bits per heavy atom. The molecule has 2 aromatic carbocycles. The molecule has 0 saturated heterocycles. The van der Waals surface area contributed by atoms with Crippen LogP contribution in [0.3, 0.4) is 0 Å². The molecule has 3 aromatic rings. The van der Waals surface area contributed by atoms with E-state index in [1.54, 1.807) is 12.1 Å². The predicted octanol–water partition coefficient (Wildman–Crippen LogP) is 5.04. The largest absolute Gasteiger partial charge is 0.452 e. The maximum Gasteiger partial charge on any atom is 0.228 e. The quantitative estimate of drug-likeness (QED) is 0.616. The Morgan fingerprint density at radius 2 is 1.75 bits per heavy atom. The van der Waals surface area contributed by atoms with Gasteiger partial charge in [0.15, 0.2) is 5.76 Å². The number of benzene rings is 2. The van der Waals surface area contributed by atoms with E-state index in [1.165, 1.54) is 0 Å². The van der Waals surface area contributed by atoms with Gasteiger partial charge in [0.05, 0.1) is 0 Å². The topological polar surface area (TPSA) is 30.2 Å². The normalized spacial score (nSPS) is 10.9. The van der Waals surface area contributed by atoms with Crippen molar-refractivity contribution < 1.29 is 9.21 Å². The van der Waals surface area contributed by atoms with Crippen molar-refractivity contribution in [2.75, 3.05) is 0 Å². The molecule has 2 nitrogen and oxygen atoms in total. The van der Waals surface area contributed by atoms with Crippen LogP contribution in [-0.2, 0) is 0 Å². The highest BCUT2D eigenvalue weighted by atomic mass is 79.9. The van der Waals surface area contributed by atoms with Crippen molar-refractivity contribution in [1.29, 1.82) is 0 Å². The summed E-state index contributed by atoms with van der Waals surface area (Å²) in [7, 11) is 0. The van der Waals surface area contributed by atoms with E-state index >= 15 is 0 Å². The van der Waals surface area contributed by atoms with Crippen molar-refractivity contribution in [1.82, 2.24) is 0 Å². The number of carbonyl (C=O) groups excluding carboxylic acids is 1. The molecule has 0 unspecified atom stereocenters. The standard InChI is InChI=1S/C17H13BrO2/c1-10-3-8-14-11(2)17(20-15(14)9-10)16(19)12-4-6-13(18)7-5-12/h3-9H,1-2H3. The van der Waals surface area contributed by atoms with Crippen molar-refractivity contribution in [3.8, 4) is 0 Å². The number of carbonyl (C=O) groups is 1. The second-order valence-electron chi connectivity index (χ2n) is 4.89. The SMILES string of the molecule is Cc1ccc2c(C)c(C(=O)c3ccc(Br)cc3)oc2c1. The van der Waals surface area contributed by atoms with Crippen molar-refractivity contribution in [3.05, 3.63) is 69.4 Å². The summed E-state index contributed by atoms with van der Waals surface area (Å²) >= 11 is 3.37. The first-order chi connectivity index (χ1) is 9.56. The van der Waals surface area contributed by atoms with E-state index in [9.17, 15) is 4.79 Å². The molecule has 100 valence electrons. The third kappa shape index (κ3) is 2.18. The average molecular weight is 329 g/mol. The number of fused-ring (bicyclic) bond motifs is 1. The molecule has 3 rings (SSSR count). The van der Waals surface area contributed by atoms with Crippen molar-refractivity contribution >= 4 is 32.7 Å². The van der Waals surface area contributed by atoms with Crippen LogP contribution in [0.1, 0.15) is 27.2 Å². The fourth-order valence-electron chi connectivity index (χ4n) is 2.28. The third-order valence-electron chi connectivity index (χ3n) is 3.41. The summed E-state index contributed by atoms with van der Waals surface area (Å²) in [4.78, 5) is 12.5. The highest BCUT2D eigenvalue weighted by molar-refractivity contribution is 9.10. The minimum Gasteiger partial charge on any atom is -0.452 e. The van der Waals surface area contributed by atoms with Gasteiger partial charge in [0.1, 0.15) is 5.58 Å². The fourth-order valence-corrected chi connectivity index (χ4v) is 2.55. The Morgan fingerprint density at radius 1 is 1.05 bits per heavy atom. The van der Waals surface area contributed by atoms with E-state index in [0.717, 1.165) is 26.6 Å². The average Bonchev–Trinajstić information content (AvgIpc) is 2.75. The summed E-state index contributed by atoms with van der Waals surface area (Å²) in [5, 5.41) is 0.996. The van der Waals surface area contributed by atoms with Gasteiger partial charge < -0.3 is 4.42 Å². The molecule has 0 amide bonds. The van der Waals surface area contributed by atoms with Crippen LogP contribution in [0.15, 0.2) is 51.4 Å². The minimum absolute atomic E-state index is 0.0798. The molecule has 0 aliphatic carbocycles. The van der Waals surface area contributed by atoms with Crippen LogP contribution in [0, 0.1) is 13.8 Å². The Labute approximate surface area is 125 Å². The second-order valence-corrected chi connectivity index (χ2v) is 5.81. The number of hydrogen-bond acceptors (Lipinski definition) is 2. The molecule has 0 spiro atoms. The zero-order chi connectivity index (χ0) is 14.3. The van der Waals surface area contributed by atoms with Gasteiger partial charge in [0.25, 0.3) is 0 Å². The maximum atomic E-state index is 12.5. The molecular formula is C17H13BrO2. The number of furan rings is 1. The summed E-state index contributed by atoms with van der Waals surface area (Å²) in [5.74, 6) is 0.344. The van der Waals surface area contributed by atoms with E-state index in [0.29, 0.717) is 11.3 Å². The number of ketones is 1. The van der Waals surface area contributed by atoms with Crippen molar-refractivity contribution in [3.63, 3.8) is 0 Å². The van der Waals surface area contributed by atoms with E-state index in [2.05, 4.69) is 15.9 Å². The highest BCUT2D eigenvalue weighted by Crippen LogP contribution is 2.28. The lowest BCUT2D eigenvalue weighted by Crippen LogP contribution is -2.01. The monoisotopic (exact) mass is 328 g/mol. The minimum atomic E-state index is -0.0798. The first kappa shape index (κ1) is 13.1. The summed E-state index contributed by atoms with van der Waals surface area (Å²) in [5.41, 5.74) is 3.41. The Hall–Kier alpha value is -1.87. The van der Waals surface area contributed by atoms with Crippen LogP contribution in [0.5, 0.6) is 0 Å². The van der Waals surface area contributed by atoms with E-state index in [1.807, 2.05) is 44.2 Å².